The second-order valence-electron chi connectivity index (χ2n) is 4.47. The lowest BCUT2D eigenvalue weighted by atomic mass is 10.0. The van der Waals surface area contributed by atoms with Crippen LogP contribution in [0.2, 0.25) is 0 Å². The Balaban J connectivity index is 2.65. The molecule has 1 aromatic carbocycles. The number of unbranched alkanes of at least 4 members (excludes halogenated alkanes) is 1. The Bertz CT molecular complexity index is 427. The van der Waals surface area contributed by atoms with Crippen molar-refractivity contribution in [1.82, 2.24) is 0 Å². The summed E-state index contributed by atoms with van der Waals surface area (Å²) in [5, 5.41) is 8.47. The van der Waals surface area contributed by atoms with Gasteiger partial charge in [0.2, 0.25) is 0 Å². The number of nitriles is 1. The van der Waals surface area contributed by atoms with Crippen LogP contribution >= 0.6 is 0 Å². The summed E-state index contributed by atoms with van der Waals surface area (Å²) in [7, 11) is 1.63. The van der Waals surface area contributed by atoms with E-state index in [0.29, 0.717) is 18.8 Å². The van der Waals surface area contributed by atoms with Gasteiger partial charge in [-0.25, -0.2) is 0 Å². The van der Waals surface area contributed by atoms with Crippen molar-refractivity contribution in [1.29, 1.82) is 5.26 Å². The summed E-state index contributed by atoms with van der Waals surface area (Å²) >= 11 is 0. The quantitative estimate of drug-likeness (QED) is 0.731. The predicted molar refractivity (Wildman–Crippen MR) is 75.3 cm³/mol. The van der Waals surface area contributed by atoms with E-state index < -0.39 is 0 Å². The normalized spacial score (nSPS) is 11.7. The van der Waals surface area contributed by atoms with Crippen LogP contribution < -0.4 is 15.2 Å². The van der Waals surface area contributed by atoms with Crippen LogP contribution in [0.5, 0.6) is 11.5 Å². The summed E-state index contributed by atoms with van der Waals surface area (Å²) in [4.78, 5) is 0. The smallest absolute Gasteiger partial charge is 0.161 e. The van der Waals surface area contributed by atoms with Gasteiger partial charge in [0.05, 0.1) is 19.8 Å². The molecule has 104 valence electrons. The first-order chi connectivity index (χ1) is 9.21. The second kappa shape index (κ2) is 8.39. The fourth-order valence-corrected chi connectivity index (χ4v) is 1.74. The molecular formula is C15H22N2O2. The van der Waals surface area contributed by atoms with Gasteiger partial charge in [-0.2, -0.15) is 5.26 Å². The maximum absolute atomic E-state index is 8.47. The van der Waals surface area contributed by atoms with Gasteiger partial charge in [0, 0.05) is 12.5 Å². The number of rotatable bonds is 8. The highest BCUT2D eigenvalue weighted by molar-refractivity contribution is 5.43. The van der Waals surface area contributed by atoms with Gasteiger partial charge < -0.3 is 15.2 Å². The molecule has 0 aromatic heterocycles. The highest BCUT2D eigenvalue weighted by Gasteiger charge is 2.08. The van der Waals surface area contributed by atoms with E-state index in [9.17, 15) is 0 Å². The standard InChI is InChI=1S/C15H22N2O2/c1-3-13(17)10-12-6-7-14(15(11-12)18-2)19-9-5-4-8-16/h6-7,11,13H,3-5,9-10,17H2,1-2H3. The van der Waals surface area contributed by atoms with Crippen molar-refractivity contribution in [2.75, 3.05) is 13.7 Å². The minimum Gasteiger partial charge on any atom is -0.493 e. The third-order valence-electron chi connectivity index (χ3n) is 2.94. The average molecular weight is 262 g/mol. The van der Waals surface area contributed by atoms with Gasteiger partial charge in [-0.1, -0.05) is 13.0 Å². The summed E-state index contributed by atoms with van der Waals surface area (Å²) in [6.45, 7) is 2.60. The van der Waals surface area contributed by atoms with E-state index in [0.717, 1.165) is 30.6 Å². The maximum atomic E-state index is 8.47. The Morgan fingerprint density at radius 3 is 2.79 bits per heavy atom. The molecule has 4 nitrogen and oxygen atoms in total. The molecule has 1 unspecified atom stereocenters. The fraction of sp³-hybridized carbons (Fsp3) is 0.533. The molecule has 0 bridgehead atoms. The van der Waals surface area contributed by atoms with Crippen LogP contribution in [-0.4, -0.2) is 19.8 Å². The number of ether oxygens (including phenoxy) is 2. The third-order valence-corrected chi connectivity index (χ3v) is 2.94. The lowest BCUT2D eigenvalue weighted by molar-refractivity contribution is 0.290. The number of nitrogens with two attached hydrogens (primary N) is 1. The van der Waals surface area contributed by atoms with Gasteiger partial charge in [0.15, 0.2) is 11.5 Å². The molecule has 0 amide bonds. The maximum Gasteiger partial charge on any atom is 0.161 e. The van der Waals surface area contributed by atoms with E-state index in [2.05, 4.69) is 13.0 Å². The molecule has 19 heavy (non-hydrogen) atoms. The summed E-state index contributed by atoms with van der Waals surface area (Å²) in [6.07, 6.45) is 3.02. The molecule has 0 heterocycles. The predicted octanol–water partition coefficient (Wildman–Crippen LogP) is 2.66. The number of benzene rings is 1. The molecule has 0 aliphatic rings. The van der Waals surface area contributed by atoms with Crippen LogP contribution in [0.15, 0.2) is 18.2 Å². The minimum absolute atomic E-state index is 0.173. The highest BCUT2D eigenvalue weighted by Crippen LogP contribution is 2.28. The summed E-state index contributed by atoms with van der Waals surface area (Å²) < 4.78 is 10.9. The second-order valence-corrected chi connectivity index (χ2v) is 4.47. The van der Waals surface area contributed by atoms with Gasteiger partial charge in [-0.15, -0.1) is 0 Å². The third kappa shape index (κ3) is 5.19. The molecule has 0 spiro atoms. The van der Waals surface area contributed by atoms with Crippen LogP contribution in [0, 0.1) is 11.3 Å². The SMILES string of the molecule is CCC(N)Cc1ccc(OCCCC#N)c(OC)c1. The zero-order valence-corrected chi connectivity index (χ0v) is 11.7. The molecule has 0 saturated carbocycles. The number of hydrogen-bond donors (Lipinski definition) is 1. The van der Waals surface area contributed by atoms with Crippen molar-refractivity contribution in [3.63, 3.8) is 0 Å². The molecule has 2 N–H and O–H groups in total. The molecule has 0 saturated heterocycles. The summed E-state index contributed by atoms with van der Waals surface area (Å²) in [6, 6.07) is 8.15. The van der Waals surface area contributed by atoms with Crippen LogP contribution in [0.1, 0.15) is 31.7 Å². The Kier molecular flexibility index (Phi) is 6.76. The topological polar surface area (TPSA) is 68.3 Å². The number of methoxy groups -OCH3 is 1. The van der Waals surface area contributed by atoms with Crippen molar-refractivity contribution in [3.8, 4) is 17.6 Å². The van der Waals surface area contributed by atoms with E-state index in [1.165, 1.54) is 0 Å². The Hall–Kier alpha value is -1.73. The molecule has 0 fully saturated rings. The minimum atomic E-state index is 0.173. The van der Waals surface area contributed by atoms with Crippen molar-refractivity contribution < 1.29 is 9.47 Å². The first kappa shape index (κ1) is 15.3. The average Bonchev–Trinajstić information content (AvgIpc) is 2.44. The Morgan fingerprint density at radius 1 is 1.37 bits per heavy atom. The summed E-state index contributed by atoms with van der Waals surface area (Å²) in [5.41, 5.74) is 7.09. The van der Waals surface area contributed by atoms with Crippen LogP contribution in [0.3, 0.4) is 0 Å². The van der Waals surface area contributed by atoms with Crippen LogP contribution in [0.4, 0.5) is 0 Å². The lowest BCUT2D eigenvalue weighted by Crippen LogP contribution is -2.21. The van der Waals surface area contributed by atoms with Crippen molar-refractivity contribution in [2.45, 2.75) is 38.6 Å². The zero-order valence-electron chi connectivity index (χ0n) is 11.7. The molecule has 4 heteroatoms. The van der Waals surface area contributed by atoms with Gasteiger partial charge >= 0.3 is 0 Å². The van der Waals surface area contributed by atoms with E-state index in [1.54, 1.807) is 7.11 Å². The van der Waals surface area contributed by atoms with Gasteiger partial charge in [-0.3, -0.25) is 0 Å². The van der Waals surface area contributed by atoms with Gasteiger partial charge in [0.25, 0.3) is 0 Å². The Morgan fingerprint density at radius 2 is 2.16 bits per heavy atom. The first-order valence-corrected chi connectivity index (χ1v) is 6.63. The molecule has 0 aliphatic heterocycles. The first-order valence-electron chi connectivity index (χ1n) is 6.63. The van der Waals surface area contributed by atoms with E-state index in [-0.39, 0.29) is 6.04 Å². The van der Waals surface area contributed by atoms with Crippen molar-refractivity contribution >= 4 is 0 Å². The zero-order chi connectivity index (χ0) is 14.1. The highest BCUT2D eigenvalue weighted by atomic mass is 16.5. The van der Waals surface area contributed by atoms with Gasteiger partial charge in [-0.05, 0) is 37.0 Å². The van der Waals surface area contributed by atoms with Crippen LogP contribution in [0.25, 0.3) is 0 Å². The summed E-state index contributed by atoms with van der Waals surface area (Å²) in [5.74, 6) is 1.44. The molecule has 1 aromatic rings. The molecular weight excluding hydrogens is 240 g/mol. The fourth-order valence-electron chi connectivity index (χ4n) is 1.74. The molecule has 0 aliphatic carbocycles. The molecule has 0 radical (unpaired) electrons. The van der Waals surface area contributed by atoms with Crippen LogP contribution in [-0.2, 0) is 6.42 Å². The molecule has 1 rings (SSSR count). The van der Waals surface area contributed by atoms with Gasteiger partial charge in [0.1, 0.15) is 0 Å². The number of nitrogens with zero attached hydrogens (tertiary/aromatic N) is 1. The molecule has 1 atom stereocenters. The van der Waals surface area contributed by atoms with E-state index >= 15 is 0 Å². The Labute approximate surface area is 115 Å². The van der Waals surface area contributed by atoms with E-state index in [4.69, 9.17) is 20.5 Å². The monoisotopic (exact) mass is 262 g/mol. The largest absolute Gasteiger partial charge is 0.493 e. The van der Waals surface area contributed by atoms with Crippen molar-refractivity contribution in [3.05, 3.63) is 23.8 Å². The lowest BCUT2D eigenvalue weighted by Gasteiger charge is -2.13. The number of hydrogen-bond acceptors (Lipinski definition) is 4. The van der Waals surface area contributed by atoms with E-state index in [1.807, 2.05) is 18.2 Å². The van der Waals surface area contributed by atoms with Crippen molar-refractivity contribution in [2.24, 2.45) is 5.73 Å².